The van der Waals surface area contributed by atoms with Gasteiger partial charge < -0.3 is 10.1 Å². The van der Waals surface area contributed by atoms with Crippen LogP contribution in [0.4, 0.5) is 0 Å². The molecule has 1 N–H and O–H groups in total. The molecule has 9 heteroatoms. The predicted octanol–water partition coefficient (Wildman–Crippen LogP) is 4.42. The molecule has 0 spiro atoms. The molecule has 0 saturated carbocycles. The number of benzene rings is 2. The Hall–Kier alpha value is -1.80. The van der Waals surface area contributed by atoms with Crippen molar-refractivity contribution >= 4 is 39.1 Å². The van der Waals surface area contributed by atoms with E-state index in [0.29, 0.717) is 41.5 Å². The molecule has 2 aromatic carbocycles. The monoisotopic (exact) mass is 484 g/mol. The number of piperidine rings is 1. The molecule has 0 bridgehead atoms. The smallest absolute Gasteiger partial charge is 0.223 e. The molecule has 168 valence electrons. The zero-order valence-corrected chi connectivity index (χ0v) is 19.8. The van der Waals surface area contributed by atoms with Gasteiger partial charge in [-0.2, -0.15) is 0 Å². The second kappa shape index (κ2) is 10.2. The third-order valence-electron chi connectivity index (χ3n) is 5.53. The number of carbonyl (C=O) groups excluding carboxylic acids is 1. The van der Waals surface area contributed by atoms with E-state index < -0.39 is 10.0 Å². The van der Waals surface area contributed by atoms with Crippen molar-refractivity contribution in [1.82, 2.24) is 9.62 Å². The number of nitrogens with one attached hydrogen (secondary N) is 1. The molecule has 2 aromatic rings. The number of methoxy groups -OCH3 is 1. The summed E-state index contributed by atoms with van der Waals surface area (Å²) in [6, 6.07) is 12.2. The first-order valence-electron chi connectivity index (χ1n) is 10.1. The molecule has 0 radical (unpaired) electrons. The molecule has 1 aliphatic rings. The summed E-state index contributed by atoms with van der Waals surface area (Å²) >= 11 is 11.9. The minimum Gasteiger partial charge on any atom is -0.497 e. The van der Waals surface area contributed by atoms with Crippen LogP contribution < -0.4 is 10.1 Å². The van der Waals surface area contributed by atoms with Gasteiger partial charge in [-0.1, -0.05) is 41.4 Å². The van der Waals surface area contributed by atoms with E-state index in [1.165, 1.54) is 4.31 Å². The number of amides is 1. The first kappa shape index (κ1) is 23.9. The molecular formula is C22H26Cl2N2O4S. The number of rotatable bonds is 7. The maximum absolute atomic E-state index is 12.8. The summed E-state index contributed by atoms with van der Waals surface area (Å²) in [5, 5.41) is 3.75. The number of halogens is 2. The summed E-state index contributed by atoms with van der Waals surface area (Å²) in [5.41, 5.74) is 1.57. The van der Waals surface area contributed by atoms with Gasteiger partial charge >= 0.3 is 0 Å². The number of hydrogen-bond donors (Lipinski definition) is 1. The molecule has 6 nitrogen and oxygen atoms in total. The van der Waals surface area contributed by atoms with Crippen LogP contribution in [-0.2, 0) is 20.6 Å². The van der Waals surface area contributed by atoms with Gasteiger partial charge in [-0.05, 0) is 55.2 Å². The molecule has 1 aliphatic heterocycles. The first-order chi connectivity index (χ1) is 14.7. The Kier molecular flexibility index (Phi) is 7.86. The first-order valence-corrected chi connectivity index (χ1v) is 12.4. The Morgan fingerprint density at radius 2 is 1.77 bits per heavy atom. The highest BCUT2D eigenvalue weighted by atomic mass is 35.5. The number of nitrogens with zero attached hydrogens (tertiary/aromatic N) is 1. The number of ether oxygens (including phenoxy) is 1. The van der Waals surface area contributed by atoms with Crippen molar-refractivity contribution < 1.29 is 17.9 Å². The second-order valence-electron chi connectivity index (χ2n) is 7.68. The van der Waals surface area contributed by atoms with E-state index >= 15 is 0 Å². The lowest BCUT2D eigenvalue weighted by Crippen LogP contribution is -2.43. The van der Waals surface area contributed by atoms with Crippen LogP contribution in [-0.4, -0.2) is 38.8 Å². The van der Waals surface area contributed by atoms with E-state index in [-0.39, 0.29) is 23.6 Å². The van der Waals surface area contributed by atoms with E-state index in [9.17, 15) is 13.2 Å². The Morgan fingerprint density at radius 3 is 2.35 bits per heavy atom. The summed E-state index contributed by atoms with van der Waals surface area (Å²) < 4.78 is 32.2. The summed E-state index contributed by atoms with van der Waals surface area (Å²) in [6.45, 7) is 2.56. The third kappa shape index (κ3) is 6.13. The van der Waals surface area contributed by atoms with Gasteiger partial charge in [-0.15, -0.1) is 0 Å². The molecule has 0 aliphatic carbocycles. The molecular weight excluding hydrogens is 459 g/mol. The molecule has 0 aromatic heterocycles. The van der Waals surface area contributed by atoms with Crippen LogP contribution in [0.1, 0.15) is 36.9 Å². The summed E-state index contributed by atoms with van der Waals surface area (Å²) in [6.07, 6.45) is 0.976. The Labute approximate surface area is 193 Å². The molecule has 1 atom stereocenters. The highest BCUT2D eigenvalue weighted by Gasteiger charge is 2.31. The van der Waals surface area contributed by atoms with E-state index in [1.54, 1.807) is 25.3 Å². The molecule has 31 heavy (non-hydrogen) atoms. The fourth-order valence-electron chi connectivity index (χ4n) is 3.63. The molecule has 3 rings (SSSR count). The fourth-order valence-corrected chi connectivity index (χ4v) is 5.51. The van der Waals surface area contributed by atoms with Crippen LogP contribution in [0.5, 0.6) is 5.75 Å². The number of sulfonamides is 1. The lowest BCUT2D eigenvalue weighted by Gasteiger charge is -2.31. The van der Waals surface area contributed by atoms with Crippen molar-refractivity contribution in [2.75, 3.05) is 20.2 Å². The van der Waals surface area contributed by atoms with Gasteiger partial charge in [-0.25, -0.2) is 12.7 Å². The molecule has 1 amide bonds. The average molecular weight is 485 g/mol. The van der Waals surface area contributed by atoms with Crippen molar-refractivity contribution in [2.24, 2.45) is 5.92 Å². The largest absolute Gasteiger partial charge is 0.497 e. The minimum absolute atomic E-state index is 0.0511. The SMILES string of the molecule is COc1ccc([C@@H](C)NC(=O)C2CCN(S(=O)(=O)Cc3ccc(Cl)c(Cl)c3)CC2)cc1. The Morgan fingerprint density at radius 1 is 1.13 bits per heavy atom. The fraction of sp³-hybridized carbons (Fsp3) is 0.409. The van der Waals surface area contributed by atoms with Gasteiger partial charge in [0.15, 0.2) is 0 Å². The van der Waals surface area contributed by atoms with Crippen molar-refractivity contribution in [3.63, 3.8) is 0 Å². The maximum Gasteiger partial charge on any atom is 0.223 e. The maximum atomic E-state index is 12.8. The molecule has 1 heterocycles. The zero-order chi connectivity index (χ0) is 22.6. The minimum atomic E-state index is -3.50. The van der Waals surface area contributed by atoms with Crippen LogP contribution >= 0.6 is 23.2 Å². The van der Waals surface area contributed by atoms with Crippen LogP contribution in [0.25, 0.3) is 0 Å². The normalized spacial score (nSPS) is 16.6. The van der Waals surface area contributed by atoms with Gasteiger partial charge in [0.2, 0.25) is 15.9 Å². The summed E-state index contributed by atoms with van der Waals surface area (Å²) in [5.74, 6) is 0.355. The Balaban J connectivity index is 1.53. The number of hydrogen-bond acceptors (Lipinski definition) is 4. The topological polar surface area (TPSA) is 75.7 Å². The van der Waals surface area contributed by atoms with Gasteiger partial charge in [0, 0.05) is 19.0 Å². The quantitative estimate of drug-likeness (QED) is 0.630. The van der Waals surface area contributed by atoms with Crippen molar-refractivity contribution in [3.05, 3.63) is 63.6 Å². The van der Waals surface area contributed by atoms with Gasteiger partial charge in [0.25, 0.3) is 0 Å². The average Bonchev–Trinajstić information content (AvgIpc) is 2.76. The van der Waals surface area contributed by atoms with E-state index in [4.69, 9.17) is 27.9 Å². The van der Waals surface area contributed by atoms with Gasteiger partial charge in [0.05, 0.1) is 28.9 Å². The molecule has 1 fully saturated rings. The second-order valence-corrected chi connectivity index (χ2v) is 10.5. The summed E-state index contributed by atoms with van der Waals surface area (Å²) in [7, 11) is -1.89. The van der Waals surface area contributed by atoms with Crippen molar-refractivity contribution in [3.8, 4) is 5.75 Å². The molecule has 0 unspecified atom stereocenters. The van der Waals surface area contributed by atoms with E-state index in [0.717, 1.165) is 11.3 Å². The zero-order valence-electron chi connectivity index (χ0n) is 17.5. The highest BCUT2D eigenvalue weighted by Crippen LogP contribution is 2.26. The third-order valence-corrected chi connectivity index (χ3v) is 8.11. The highest BCUT2D eigenvalue weighted by molar-refractivity contribution is 7.88. The number of carbonyl (C=O) groups is 1. The van der Waals surface area contributed by atoms with Crippen molar-refractivity contribution in [2.45, 2.75) is 31.6 Å². The van der Waals surface area contributed by atoms with Gasteiger partial charge in [-0.3, -0.25) is 4.79 Å². The van der Waals surface area contributed by atoms with Crippen molar-refractivity contribution in [1.29, 1.82) is 0 Å². The summed E-state index contributed by atoms with van der Waals surface area (Å²) in [4.78, 5) is 12.7. The predicted molar refractivity (Wildman–Crippen MR) is 123 cm³/mol. The van der Waals surface area contributed by atoms with Crippen LogP contribution in [0.3, 0.4) is 0 Å². The van der Waals surface area contributed by atoms with Crippen LogP contribution in [0.15, 0.2) is 42.5 Å². The van der Waals surface area contributed by atoms with Gasteiger partial charge in [0.1, 0.15) is 5.75 Å². The molecule has 1 saturated heterocycles. The lowest BCUT2D eigenvalue weighted by atomic mass is 9.96. The standard InChI is InChI=1S/C22H26Cl2N2O4S/c1-15(17-4-6-19(30-2)7-5-17)25-22(27)18-9-11-26(12-10-18)31(28,29)14-16-3-8-20(23)21(24)13-16/h3-8,13,15,18H,9-12,14H2,1-2H3,(H,25,27)/t15-/m1/s1. The lowest BCUT2D eigenvalue weighted by molar-refractivity contribution is -0.126. The Bertz CT molecular complexity index is 1020. The van der Waals surface area contributed by atoms with E-state index in [1.807, 2.05) is 31.2 Å². The van der Waals surface area contributed by atoms with Crippen LogP contribution in [0.2, 0.25) is 10.0 Å². The van der Waals surface area contributed by atoms with E-state index in [2.05, 4.69) is 5.32 Å². The van der Waals surface area contributed by atoms with Crippen LogP contribution in [0, 0.1) is 5.92 Å².